The van der Waals surface area contributed by atoms with Gasteiger partial charge in [0.1, 0.15) is 0 Å². The molecule has 3 unspecified atom stereocenters. The largest absolute Gasteiger partial charge is 0.338 e. The van der Waals surface area contributed by atoms with Gasteiger partial charge in [0.2, 0.25) is 5.91 Å². The highest BCUT2D eigenvalue weighted by atomic mass is 16.2. The second-order valence-corrected chi connectivity index (χ2v) is 5.43. The van der Waals surface area contributed by atoms with E-state index in [0.29, 0.717) is 24.4 Å². The van der Waals surface area contributed by atoms with E-state index in [1.807, 2.05) is 0 Å². The number of amides is 1. The Hall–Kier alpha value is -0.570. The Kier molecular flexibility index (Phi) is 3.85. The van der Waals surface area contributed by atoms with Crippen LogP contribution in [0.3, 0.4) is 0 Å². The molecular weight excluding hydrogens is 200 g/mol. The van der Waals surface area contributed by atoms with Crippen LogP contribution >= 0.6 is 0 Å². The van der Waals surface area contributed by atoms with Gasteiger partial charge in [-0.3, -0.25) is 4.79 Å². The monoisotopic (exact) mass is 224 g/mol. The molecule has 2 fully saturated rings. The van der Waals surface area contributed by atoms with Crippen LogP contribution in [0.4, 0.5) is 0 Å². The number of hydrogen-bond acceptors (Lipinski definition) is 2. The zero-order valence-electron chi connectivity index (χ0n) is 10.3. The third-order valence-corrected chi connectivity index (χ3v) is 4.36. The van der Waals surface area contributed by atoms with Crippen molar-refractivity contribution in [3.8, 4) is 0 Å². The highest BCUT2D eigenvalue weighted by molar-refractivity contribution is 5.79. The lowest BCUT2D eigenvalue weighted by Crippen LogP contribution is -2.50. The summed E-state index contributed by atoms with van der Waals surface area (Å²) in [6.45, 7) is 3.79. The molecule has 3 heteroatoms. The number of carbonyl (C=O) groups is 1. The van der Waals surface area contributed by atoms with Crippen LogP contribution in [0.2, 0.25) is 0 Å². The summed E-state index contributed by atoms with van der Waals surface area (Å²) in [6, 6.07) is 0.314. The van der Waals surface area contributed by atoms with E-state index in [4.69, 9.17) is 5.73 Å². The predicted octanol–water partition coefficient (Wildman–Crippen LogP) is 1.76. The summed E-state index contributed by atoms with van der Waals surface area (Å²) >= 11 is 0. The van der Waals surface area contributed by atoms with Crippen LogP contribution in [-0.2, 0) is 4.79 Å². The highest BCUT2D eigenvalue weighted by Crippen LogP contribution is 2.34. The molecule has 2 aliphatic rings. The quantitative estimate of drug-likeness (QED) is 0.777. The van der Waals surface area contributed by atoms with Gasteiger partial charge in [0.05, 0.1) is 0 Å². The van der Waals surface area contributed by atoms with Crippen LogP contribution in [0.25, 0.3) is 0 Å². The Bertz CT molecular complexity index is 254. The van der Waals surface area contributed by atoms with Crippen molar-refractivity contribution in [3.63, 3.8) is 0 Å². The molecule has 0 aromatic heterocycles. The fraction of sp³-hybridized carbons (Fsp3) is 0.923. The minimum absolute atomic E-state index is 0.284. The molecule has 2 N–H and O–H groups in total. The summed E-state index contributed by atoms with van der Waals surface area (Å²) in [5.41, 5.74) is 5.77. The maximum atomic E-state index is 12.5. The molecule has 1 amide bonds. The van der Waals surface area contributed by atoms with Crippen molar-refractivity contribution in [2.45, 2.75) is 51.5 Å². The summed E-state index contributed by atoms with van der Waals surface area (Å²) < 4.78 is 0. The molecule has 1 saturated carbocycles. The summed E-state index contributed by atoms with van der Waals surface area (Å²) in [6.07, 6.45) is 7.02. The predicted molar refractivity (Wildman–Crippen MR) is 64.9 cm³/mol. The van der Waals surface area contributed by atoms with Gasteiger partial charge < -0.3 is 10.6 Å². The zero-order chi connectivity index (χ0) is 11.5. The molecule has 3 nitrogen and oxygen atoms in total. The van der Waals surface area contributed by atoms with E-state index in [2.05, 4.69) is 11.8 Å². The van der Waals surface area contributed by atoms with E-state index in [9.17, 15) is 4.79 Å². The van der Waals surface area contributed by atoms with E-state index in [-0.39, 0.29) is 5.92 Å². The third-order valence-electron chi connectivity index (χ3n) is 4.36. The molecule has 1 heterocycles. The van der Waals surface area contributed by atoms with Crippen LogP contribution in [0.1, 0.15) is 45.4 Å². The summed E-state index contributed by atoms with van der Waals surface area (Å²) in [5.74, 6) is 1.25. The lowest BCUT2D eigenvalue weighted by Gasteiger charge is -2.37. The van der Waals surface area contributed by atoms with Gasteiger partial charge in [0, 0.05) is 25.0 Å². The number of rotatable bonds is 2. The SMILES string of the molecule is CC1CCCC1C(=O)N1CCCCC1CN. The fourth-order valence-corrected chi connectivity index (χ4v) is 3.26. The van der Waals surface area contributed by atoms with Gasteiger partial charge in [-0.1, -0.05) is 13.3 Å². The number of hydrogen-bond donors (Lipinski definition) is 1. The molecule has 1 saturated heterocycles. The van der Waals surface area contributed by atoms with Crippen molar-refractivity contribution in [2.24, 2.45) is 17.6 Å². The Morgan fingerprint density at radius 2 is 2.06 bits per heavy atom. The summed E-state index contributed by atoms with van der Waals surface area (Å²) in [4.78, 5) is 14.5. The zero-order valence-corrected chi connectivity index (χ0v) is 10.3. The van der Waals surface area contributed by atoms with E-state index < -0.39 is 0 Å². The minimum atomic E-state index is 0.284. The maximum absolute atomic E-state index is 12.5. The highest BCUT2D eigenvalue weighted by Gasteiger charge is 2.35. The lowest BCUT2D eigenvalue weighted by atomic mass is 9.93. The average molecular weight is 224 g/mol. The van der Waals surface area contributed by atoms with Gasteiger partial charge in [-0.25, -0.2) is 0 Å². The Morgan fingerprint density at radius 1 is 1.25 bits per heavy atom. The first-order valence-corrected chi connectivity index (χ1v) is 6.74. The first-order chi connectivity index (χ1) is 7.74. The third kappa shape index (κ3) is 2.24. The van der Waals surface area contributed by atoms with Crippen LogP contribution in [0.15, 0.2) is 0 Å². The van der Waals surface area contributed by atoms with Gasteiger partial charge in [-0.05, 0) is 38.0 Å². The number of piperidine rings is 1. The number of nitrogens with two attached hydrogens (primary N) is 1. The van der Waals surface area contributed by atoms with Crippen LogP contribution in [0.5, 0.6) is 0 Å². The van der Waals surface area contributed by atoms with Crippen LogP contribution in [-0.4, -0.2) is 29.9 Å². The van der Waals surface area contributed by atoms with Crippen LogP contribution in [0, 0.1) is 11.8 Å². The molecule has 1 aliphatic heterocycles. The second-order valence-electron chi connectivity index (χ2n) is 5.43. The molecular formula is C13H24N2O. The molecule has 0 bridgehead atoms. The van der Waals surface area contributed by atoms with Crippen molar-refractivity contribution >= 4 is 5.91 Å². The average Bonchev–Trinajstić information content (AvgIpc) is 2.74. The van der Waals surface area contributed by atoms with Gasteiger partial charge in [0.25, 0.3) is 0 Å². The Morgan fingerprint density at radius 3 is 2.69 bits per heavy atom. The molecule has 92 valence electrons. The molecule has 1 aliphatic carbocycles. The Labute approximate surface area is 98.4 Å². The first-order valence-electron chi connectivity index (χ1n) is 6.74. The normalized spacial score (nSPS) is 35.4. The van der Waals surface area contributed by atoms with Gasteiger partial charge in [-0.15, -0.1) is 0 Å². The maximum Gasteiger partial charge on any atom is 0.226 e. The smallest absolute Gasteiger partial charge is 0.226 e. The molecule has 0 aromatic rings. The second kappa shape index (κ2) is 5.17. The standard InChI is InChI=1S/C13H24N2O/c1-10-5-4-7-12(10)13(16)15-8-3-2-6-11(15)9-14/h10-12H,2-9,14H2,1H3. The van der Waals surface area contributed by atoms with E-state index in [1.165, 1.54) is 19.3 Å². The molecule has 2 rings (SSSR count). The van der Waals surface area contributed by atoms with E-state index >= 15 is 0 Å². The molecule has 0 aromatic carbocycles. The first kappa shape index (κ1) is 11.9. The number of carbonyl (C=O) groups excluding carboxylic acids is 1. The van der Waals surface area contributed by atoms with Gasteiger partial charge in [-0.2, -0.15) is 0 Å². The van der Waals surface area contributed by atoms with Crippen molar-refractivity contribution in [2.75, 3.05) is 13.1 Å². The van der Waals surface area contributed by atoms with Gasteiger partial charge in [0.15, 0.2) is 0 Å². The lowest BCUT2D eigenvalue weighted by molar-refractivity contribution is -0.140. The van der Waals surface area contributed by atoms with E-state index in [0.717, 1.165) is 25.8 Å². The van der Waals surface area contributed by atoms with Crippen LogP contribution < -0.4 is 5.73 Å². The minimum Gasteiger partial charge on any atom is -0.338 e. The fourth-order valence-electron chi connectivity index (χ4n) is 3.26. The van der Waals surface area contributed by atoms with Crippen molar-refractivity contribution in [3.05, 3.63) is 0 Å². The van der Waals surface area contributed by atoms with Crippen molar-refractivity contribution in [1.29, 1.82) is 0 Å². The Balaban J connectivity index is 2.01. The molecule has 16 heavy (non-hydrogen) atoms. The molecule has 0 radical (unpaired) electrons. The molecule has 0 spiro atoms. The van der Waals surface area contributed by atoms with Crippen molar-refractivity contribution in [1.82, 2.24) is 4.90 Å². The summed E-state index contributed by atoms with van der Waals surface area (Å²) in [5, 5.41) is 0. The number of nitrogens with zero attached hydrogens (tertiary/aromatic N) is 1. The van der Waals surface area contributed by atoms with E-state index in [1.54, 1.807) is 0 Å². The molecule has 3 atom stereocenters. The number of likely N-dealkylation sites (tertiary alicyclic amines) is 1. The topological polar surface area (TPSA) is 46.3 Å². The summed E-state index contributed by atoms with van der Waals surface area (Å²) in [7, 11) is 0. The van der Waals surface area contributed by atoms with Gasteiger partial charge >= 0.3 is 0 Å². The van der Waals surface area contributed by atoms with Crippen molar-refractivity contribution < 1.29 is 4.79 Å².